The Morgan fingerprint density at radius 1 is 1.56 bits per heavy atom. The highest BCUT2D eigenvalue weighted by Gasteiger charge is 2.46. The molecule has 2 aliphatic heterocycles. The van der Waals surface area contributed by atoms with Crippen molar-refractivity contribution in [3.05, 3.63) is 0 Å². The third-order valence-electron chi connectivity index (χ3n) is 3.13. The van der Waals surface area contributed by atoms with Crippen molar-refractivity contribution >= 4 is 5.97 Å². The summed E-state index contributed by atoms with van der Waals surface area (Å²) in [5.74, 6) is -0.0791. The topological polar surface area (TPSA) is 48.1 Å². The summed E-state index contributed by atoms with van der Waals surface area (Å²) in [6.45, 7) is 6.15. The van der Waals surface area contributed by atoms with Crippen LogP contribution in [0.1, 0.15) is 33.1 Å². The summed E-state index contributed by atoms with van der Waals surface area (Å²) in [7, 11) is 0. The summed E-state index contributed by atoms with van der Waals surface area (Å²) < 4.78 is 16.0. The Balaban J connectivity index is 1.73. The molecule has 16 heavy (non-hydrogen) atoms. The predicted octanol–water partition coefficient (Wildman–Crippen LogP) is 1.52. The van der Waals surface area contributed by atoms with Gasteiger partial charge in [-0.2, -0.15) is 0 Å². The molecule has 0 N–H and O–H groups in total. The third-order valence-corrected chi connectivity index (χ3v) is 3.13. The summed E-state index contributed by atoms with van der Waals surface area (Å²) in [4.78, 5) is 11.6. The van der Waals surface area contributed by atoms with E-state index >= 15 is 0 Å². The quantitative estimate of drug-likeness (QED) is 0.393. The summed E-state index contributed by atoms with van der Waals surface area (Å²) in [5, 5.41) is 0. The Morgan fingerprint density at radius 2 is 2.31 bits per heavy atom. The van der Waals surface area contributed by atoms with Crippen molar-refractivity contribution in [1.82, 2.24) is 0 Å². The van der Waals surface area contributed by atoms with Gasteiger partial charge in [-0.15, -0.1) is 0 Å². The van der Waals surface area contributed by atoms with Crippen LogP contribution in [0.4, 0.5) is 0 Å². The fraction of sp³-hybridized carbons (Fsp3) is 0.917. The smallest absolute Gasteiger partial charge is 0.309 e. The van der Waals surface area contributed by atoms with E-state index in [2.05, 4.69) is 6.92 Å². The third kappa shape index (κ3) is 2.95. The summed E-state index contributed by atoms with van der Waals surface area (Å²) in [6.07, 6.45) is 2.51. The average molecular weight is 228 g/mol. The molecule has 0 aromatic heterocycles. The second-order valence-corrected chi connectivity index (χ2v) is 5.01. The number of hydrogen-bond donors (Lipinski definition) is 0. The molecular formula is C12H20O4. The van der Waals surface area contributed by atoms with Gasteiger partial charge >= 0.3 is 5.97 Å². The first-order valence-corrected chi connectivity index (χ1v) is 6.05. The number of ether oxygens (including phenoxy) is 3. The predicted molar refractivity (Wildman–Crippen MR) is 58.1 cm³/mol. The van der Waals surface area contributed by atoms with Gasteiger partial charge in [0.25, 0.3) is 0 Å². The van der Waals surface area contributed by atoms with Gasteiger partial charge in [0.2, 0.25) is 0 Å². The Labute approximate surface area is 96.2 Å². The van der Waals surface area contributed by atoms with Crippen LogP contribution in [0.15, 0.2) is 0 Å². The maximum atomic E-state index is 11.6. The first-order chi connectivity index (χ1) is 7.63. The van der Waals surface area contributed by atoms with Gasteiger partial charge in [0.15, 0.2) is 0 Å². The maximum Gasteiger partial charge on any atom is 0.309 e. The number of cyclic esters (lactones) is 1. The molecule has 92 valence electrons. The molecule has 0 radical (unpaired) electrons. The van der Waals surface area contributed by atoms with Crippen molar-refractivity contribution in [2.24, 2.45) is 5.92 Å². The Bertz CT molecular complexity index is 260. The van der Waals surface area contributed by atoms with E-state index in [9.17, 15) is 4.79 Å². The first kappa shape index (κ1) is 11.9. The SMILES string of the molecule is CCCOCC1CC(CC2(C)CO2)C(=O)O1. The van der Waals surface area contributed by atoms with Crippen molar-refractivity contribution in [1.29, 1.82) is 0 Å². The lowest BCUT2D eigenvalue weighted by Gasteiger charge is -2.09. The van der Waals surface area contributed by atoms with Crippen molar-refractivity contribution < 1.29 is 19.0 Å². The van der Waals surface area contributed by atoms with Gasteiger partial charge in [-0.3, -0.25) is 4.79 Å². The fourth-order valence-electron chi connectivity index (χ4n) is 2.11. The fourth-order valence-corrected chi connectivity index (χ4v) is 2.11. The summed E-state index contributed by atoms with van der Waals surface area (Å²) >= 11 is 0. The van der Waals surface area contributed by atoms with Crippen LogP contribution in [-0.2, 0) is 19.0 Å². The van der Waals surface area contributed by atoms with Gasteiger partial charge in [-0.25, -0.2) is 0 Å². The molecule has 0 aromatic carbocycles. The molecule has 4 nitrogen and oxygen atoms in total. The minimum absolute atomic E-state index is 0.00252. The van der Waals surface area contributed by atoms with Gasteiger partial charge in [-0.1, -0.05) is 6.92 Å². The van der Waals surface area contributed by atoms with Gasteiger partial charge in [0, 0.05) is 13.0 Å². The second kappa shape index (κ2) is 4.72. The Kier molecular flexibility index (Phi) is 3.50. The number of hydrogen-bond acceptors (Lipinski definition) is 4. The van der Waals surface area contributed by atoms with Crippen LogP contribution in [0.3, 0.4) is 0 Å². The van der Waals surface area contributed by atoms with Crippen molar-refractivity contribution in [3.8, 4) is 0 Å². The zero-order valence-corrected chi connectivity index (χ0v) is 10.0. The first-order valence-electron chi connectivity index (χ1n) is 6.05. The number of carbonyl (C=O) groups is 1. The highest BCUT2D eigenvalue weighted by atomic mass is 16.6. The van der Waals surface area contributed by atoms with Crippen LogP contribution in [-0.4, -0.2) is 37.5 Å². The molecule has 2 fully saturated rings. The largest absolute Gasteiger partial charge is 0.460 e. The van der Waals surface area contributed by atoms with Gasteiger partial charge in [0.05, 0.1) is 24.7 Å². The molecule has 2 aliphatic rings. The number of esters is 1. The number of rotatable bonds is 6. The molecule has 3 unspecified atom stereocenters. The molecule has 4 heteroatoms. The molecule has 0 aliphatic carbocycles. The van der Waals surface area contributed by atoms with Gasteiger partial charge < -0.3 is 14.2 Å². The summed E-state index contributed by atoms with van der Waals surface area (Å²) in [5.41, 5.74) is -0.0666. The van der Waals surface area contributed by atoms with E-state index in [4.69, 9.17) is 14.2 Å². The highest BCUT2D eigenvalue weighted by molar-refractivity contribution is 5.74. The molecule has 0 amide bonds. The van der Waals surface area contributed by atoms with Crippen LogP contribution in [0.25, 0.3) is 0 Å². The highest BCUT2D eigenvalue weighted by Crippen LogP contribution is 2.37. The minimum Gasteiger partial charge on any atom is -0.460 e. The van der Waals surface area contributed by atoms with Crippen molar-refractivity contribution in [2.75, 3.05) is 19.8 Å². The van der Waals surface area contributed by atoms with E-state index in [1.165, 1.54) is 0 Å². The molecule has 0 bridgehead atoms. The van der Waals surface area contributed by atoms with E-state index in [0.29, 0.717) is 6.61 Å². The van der Waals surface area contributed by atoms with Crippen molar-refractivity contribution in [2.45, 2.75) is 44.8 Å². The molecule has 2 saturated heterocycles. The summed E-state index contributed by atoms with van der Waals surface area (Å²) in [6, 6.07) is 0. The standard InChI is InChI=1S/C12H20O4/c1-3-4-14-7-10-5-9(11(13)16-10)6-12(2)8-15-12/h9-10H,3-8H2,1-2H3. The molecular weight excluding hydrogens is 208 g/mol. The lowest BCUT2D eigenvalue weighted by atomic mass is 9.93. The molecule has 0 spiro atoms. The minimum atomic E-state index is -0.0816. The lowest BCUT2D eigenvalue weighted by Crippen LogP contribution is -2.17. The lowest BCUT2D eigenvalue weighted by molar-refractivity contribution is -0.146. The van der Waals surface area contributed by atoms with E-state index in [1.807, 2.05) is 6.92 Å². The van der Waals surface area contributed by atoms with E-state index in [0.717, 1.165) is 32.5 Å². The second-order valence-electron chi connectivity index (χ2n) is 5.01. The average Bonchev–Trinajstić information content (AvgIpc) is 2.85. The van der Waals surface area contributed by atoms with Crippen LogP contribution in [0.2, 0.25) is 0 Å². The normalized spacial score (nSPS) is 37.5. The monoisotopic (exact) mass is 228 g/mol. The molecule has 0 aromatic rings. The Morgan fingerprint density at radius 3 is 2.94 bits per heavy atom. The van der Waals surface area contributed by atoms with Gasteiger partial charge in [-0.05, 0) is 19.8 Å². The van der Waals surface area contributed by atoms with Crippen LogP contribution in [0.5, 0.6) is 0 Å². The molecule has 0 saturated carbocycles. The maximum absolute atomic E-state index is 11.6. The van der Waals surface area contributed by atoms with E-state index < -0.39 is 0 Å². The number of carbonyl (C=O) groups excluding carboxylic acids is 1. The van der Waals surface area contributed by atoms with E-state index in [1.54, 1.807) is 0 Å². The van der Waals surface area contributed by atoms with Crippen LogP contribution < -0.4 is 0 Å². The van der Waals surface area contributed by atoms with Crippen LogP contribution >= 0.6 is 0 Å². The zero-order valence-electron chi connectivity index (χ0n) is 10.0. The molecule has 3 atom stereocenters. The van der Waals surface area contributed by atoms with Gasteiger partial charge in [0.1, 0.15) is 6.10 Å². The molecule has 2 heterocycles. The molecule has 2 rings (SSSR count). The van der Waals surface area contributed by atoms with Crippen molar-refractivity contribution in [3.63, 3.8) is 0 Å². The number of epoxide rings is 1. The van der Waals surface area contributed by atoms with E-state index in [-0.39, 0.29) is 23.6 Å². The Hall–Kier alpha value is -0.610. The van der Waals surface area contributed by atoms with Crippen LogP contribution in [0, 0.1) is 5.92 Å². The zero-order chi connectivity index (χ0) is 11.6.